The Morgan fingerprint density at radius 2 is 1.00 bits per heavy atom. The summed E-state index contributed by atoms with van der Waals surface area (Å²) in [5.41, 5.74) is 0. The molecule has 0 aliphatic heterocycles. The van der Waals surface area contributed by atoms with E-state index in [4.69, 9.17) is 0 Å². The number of unbranched alkanes of at least 4 members (excludes halogenated alkanes) is 20. The van der Waals surface area contributed by atoms with Gasteiger partial charge < -0.3 is 4.55 Å². The molecule has 0 amide bonds. The van der Waals surface area contributed by atoms with E-state index in [0.717, 1.165) is 19.3 Å². The zero-order chi connectivity index (χ0) is 25.2. The molecule has 0 spiro atoms. The molecule has 0 aromatic heterocycles. The minimum absolute atomic E-state index is 0. The standard InChI is InChI=1S/C29H58O4S.K/c1-3-5-7-9-11-13-15-17-19-21-23-25-27-29(28-33-34(30,31)32)26-24-22-20-18-16-14-12-10-8-6-4-2;/h24,26,29H,3-23,25,27-28H2,1-2H3,(H,30,31,32);/q;+1/p-1/b26-24+;. The Morgan fingerprint density at radius 3 is 1.40 bits per heavy atom. The van der Waals surface area contributed by atoms with E-state index < -0.39 is 10.4 Å². The second kappa shape index (κ2) is 29.8. The van der Waals surface area contributed by atoms with Crippen molar-refractivity contribution in [3.63, 3.8) is 0 Å². The Balaban J connectivity index is 0. The molecule has 6 heteroatoms. The monoisotopic (exact) mass is 540 g/mol. The predicted octanol–water partition coefficient (Wildman–Crippen LogP) is 6.65. The van der Waals surface area contributed by atoms with Crippen LogP contribution in [0.15, 0.2) is 12.2 Å². The molecule has 0 aliphatic rings. The van der Waals surface area contributed by atoms with Gasteiger partial charge in [0.25, 0.3) is 0 Å². The van der Waals surface area contributed by atoms with Crippen molar-refractivity contribution < 1.29 is 68.5 Å². The second-order valence-electron chi connectivity index (χ2n) is 10.2. The summed E-state index contributed by atoms with van der Waals surface area (Å²) in [7, 11) is -4.61. The first kappa shape index (κ1) is 38.4. The van der Waals surface area contributed by atoms with Gasteiger partial charge in [-0.05, 0) is 19.3 Å². The fraction of sp³-hybridized carbons (Fsp3) is 0.931. The largest absolute Gasteiger partial charge is 1.00 e. The van der Waals surface area contributed by atoms with E-state index in [-0.39, 0.29) is 63.9 Å². The van der Waals surface area contributed by atoms with Crippen molar-refractivity contribution in [3.8, 4) is 0 Å². The van der Waals surface area contributed by atoms with Gasteiger partial charge in [-0.1, -0.05) is 154 Å². The van der Waals surface area contributed by atoms with Gasteiger partial charge in [-0.25, -0.2) is 8.42 Å². The molecule has 204 valence electrons. The van der Waals surface area contributed by atoms with E-state index in [1.807, 2.05) is 0 Å². The molecule has 1 atom stereocenters. The van der Waals surface area contributed by atoms with Crippen LogP contribution in [0.2, 0.25) is 0 Å². The van der Waals surface area contributed by atoms with Crippen molar-refractivity contribution in [1.29, 1.82) is 0 Å². The topological polar surface area (TPSA) is 66.4 Å². The van der Waals surface area contributed by atoms with Gasteiger partial charge in [0.1, 0.15) is 0 Å². The van der Waals surface area contributed by atoms with Crippen LogP contribution in [0, 0.1) is 5.92 Å². The quantitative estimate of drug-likeness (QED) is 0.0384. The summed E-state index contributed by atoms with van der Waals surface area (Å²) in [5.74, 6) is 0.0189. The molecule has 4 nitrogen and oxygen atoms in total. The predicted molar refractivity (Wildman–Crippen MR) is 146 cm³/mol. The first-order valence-corrected chi connectivity index (χ1v) is 16.1. The number of hydrogen-bond donors (Lipinski definition) is 0. The third kappa shape index (κ3) is 33.2. The Labute approximate surface area is 262 Å². The van der Waals surface area contributed by atoms with E-state index >= 15 is 0 Å². The molecule has 0 saturated heterocycles. The van der Waals surface area contributed by atoms with E-state index in [1.54, 1.807) is 0 Å². The van der Waals surface area contributed by atoms with Crippen LogP contribution in [0.1, 0.15) is 162 Å². The summed E-state index contributed by atoms with van der Waals surface area (Å²) in [4.78, 5) is 0. The van der Waals surface area contributed by atoms with E-state index in [1.165, 1.54) is 128 Å². The molecular formula is C29H57KO4S. The SMILES string of the molecule is CCCCCCCCCCC/C=C/C(CCCCCCCCCCCCCC)COS(=O)(=O)[O-].[K+]. The smallest absolute Gasteiger partial charge is 0.726 e. The summed E-state index contributed by atoms with van der Waals surface area (Å²) in [6, 6.07) is 0. The fourth-order valence-electron chi connectivity index (χ4n) is 4.51. The maximum Gasteiger partial charge on any atom is 1.00 e. The Hall–Kier alpha value is 1.25. The van der Waals surface area contributed by atoms with Crippen LogP contribution in [0.4, 0.5) is 0 Å². The van der Waals surface area contributed by atoms with E-state index in [9.17, 15) is 13.0 Å². The molecule has 0 rings (SSSR count). The zero-order valence-corrected chi connectivity index (χ0v) is 27.7. The first-order chi connectivity index (χ1) is 16.5. The molecule has 0 aliphatic carbocycles. The molecule has 0 aromatic rings. The fourth-order valence-corrected chi connectivity index (χ4v) is 4.86. The maximum atomic E-state index is 10.9. The molecule has 0 fully saturated rings. The summed E-state index contributed by atoms with van der Waals surface area (Å²) < 4.78 is 37.2. The van der Waals surface area contributed by atoms with Gasteiger partial charge in [-0.3, -0.25) is 4.18 Å². The van der Waals surface area contributed by atoms with Gasteiger partial charge in [0, 0.05) is 5.92 Å². The van der Waals surface area contributed by atoms with Crippen LogP contribution in [-0.2, 0) is 14.6 Å². The van der Waals surface area contributed by atoms with Crippen molar-refractivity contribution in [3.05, 3.63) is 12.2 Å². The van der Waals surface area contributed by atoms with Crippen LogP contribution < -0.4 is 51.4 Å². The summed E-state index contributed by atoms with van der Waals surface area (Å²) in [5, 5.41) is 0. The molecule has 0 N–H and O–H groups in total. The minimum atomic E-state index is -4.61. The van der Waals surface area contributed by atoms with Gasteiger partial charge >= 0.3 is 51.4 Å². The van der Waals surface area contributed by atoms with Crippen molar-refractivity contribution in [2.45, 2.75) is 162 Å². The summed E-state index contributed by atoms with van der Waals surface area (Å²) in [6.45, 7) is 4.50. The van der Waals surface area contributed by atoms with Crippen molar-refractivity contribution >= 4 is 10.4 Å². The summed E-state index contributed by atoms with van der Waals surface area (Å²) >= 11 is 0. The van der Waals surface area contributed by atoms with Gasteiger partial charge in [-0.2, -0.15) is 0 Å². The van der Waals surface area contributed by atoms with E-state index in [0.29, 0.717) is 0 Å². The Morgan fingerprint density at radius 1 is 0.629 bits per heavy atom. The normalized spacial score (nSPS) is 12.8. The molecule has 35 heavy (non-hydrogen) atoms. The maximum absolute atomic E-state index is 10.9. The molecular weight excluding hydrogens is 483 g/mol. The molecule has 0 saturated carbocycles. The third-order valence-electron chi connectivity index (χ3n) is 6.74. The summed E-state index contributed by atoms with van der Waals surface area (Å²) in [6.07, 6.45) is 33.7. The van der Waals surface area contributed by atoms with E-state index in [2.05, 4.69) is 30.2 Å². The van der Waals surface area contributed by atoms with Gasteiger partial charge in [-0.15, -0.1) is 0 Å². The average molecular weight is 541 g/mol. The Bertz CT molecular complexity index is 537. The van der Waals surface area contributed by atoms with Crippen LogP contribution in [0.3, 0.4) is 0 Å². The third-order valence-corrected chi connectivity index (χ3v) is 7.16. The molecule has 0 heterocycles. The van der Waals surface area contributed by atoms with Crippen molar-refractivity contribution in [1.82, 2.24) is 0 Å². The van der Waals surface area contributed by atoms with Crippen LogP contribution >= 0.6 is 0 Å². The van der Waals surface area contributed by atoms with Crippen molar-refractivity contribution in [2.75, 3.05) is 6.61 Å². The number of rotatable bonds is 27. The van der Waals surface area contributed by atoms with Crippen molar-refractivity contribution in [2.24, 2.45) is 5.92 Å². The Kier molecular flexibility index (Phi) is 32.7. The number of allylic oxidation sites excluding steroid dienone is 1. The number of hydrogen-bond acceptors (Lipinski definition) is 4. The molecule has 0 radical (unpaired) electrons. The van der Waals surface area contributed by atoms with Crippen LogP contribution in [0.5, 0.6) is 0 Å². The minimum Gasteiger partial charge on any atom is -0.726 e. The average Bonchev–Trinajstić information content (AvgIpc) is 2.80. The van der Waals surface area contributed by atoms with Gasteiger partial charge in [0.05, 0.1) is 6.61 Å². The molecule has 0 aromatic carbocycles. The second-order valence-corrected chi connectivity index (χ2v) is 11.2. The van der Waals surface area contributed by atoms with Gasteiger partial charge in [0.15, 0.2) is 0 Å². The zero-order valence-electron chi connectivity index (χ0n) is 23.7. The first-order valence-electron chi connectivity index (χ1n) is 14.8. The van der Waals surface area contributed by atoms with Crippen LogP contribution in [0.25, 0.3) is 0 Å². The van der Waals surface area contributed by atoms with Gasteiger partial charge in [0.2, 0.25) is 10.4 Å². The molecule has 1 unspecified atom stereocenters. The molecule has 0 bridgehead atoms. The van der Waals surface area contributed by atoms with Crippen LogP contribution in [-0.4, -0.2) is 19.6 Å².